The molecule has 1 atom stereocenters. The smallest absolute Gasteiger partial charge is 0.119 e. The summed E-state index contributed by atoms with van der Waals surface area (Å²) in [7, 11) is 1.69. The lowest BCUT2D eigenvalue weighted by Gasteiger charge is -2.15. The highest BCUT2D eigenvalue weighted by Crippen LogP contribution is 2.30. The van der Waals surface area contributed by atoms with Crippen LogP contribution < -0.4 is 10.1 Å². The van der Waals surface area contributed by atoms with Crippen LogP contribution in [-0.2, 0) is 6.42 Å². The minimum absolute atomic E-state index is 0.444. The summed E-state index contributed by atoms with van der Waals surface area (Å²) in [4.78, 5) is 0. The van der Waals surface area contributed by atoms with Gasteiger partial charge in [0.2, 0.25) is 0 Å². The Hall–Kier alpha value is -1.81. The Morgan fingerprint density at radius 1 is 1.29 bits per heavy atom. The van der Waals surface area contributed by atoms with E-state index in [-0.39, 0.29) is 0 Å². The zero-order valence-electron chi connectivity index (χ0n) is 12.8. The number of rotatable bonds is 4. The zero-order valence-corrected chi connectivity index (χ0v) is 12.8. The fourth-order valence-electron chi connectivity index (χ4n) is 3.13. The number of benzene rings is 1. The molecule has 0 fully saturated rings. The second-order valence-electron chi connectivity index (χ2n) is 5.51. The van der Waals surface area contributed by atoms with Crippen LogP contribution in [-0.4, -0.2) is 23.4 Å². The Morgan fingerprint density at radius 3 is 2.81 bits per heavy atom. The number of nitrogens with zero attached hydrogens (tertiary/aromatic N) is 2. The zero-order chi connectivity index (χ0) is 14.7. The third-order valence-electron chi connectivity index (χ3n) is 4.20. The van der Waals surface area contributed by atoms with Crippen LogP contribution in [0.4, 0.5) is 0 Å². The highest BCUT2D eigenvalue weighted by molar-refractivity contribution is 5.40. The van der Waals surface area contributed by atoms with Gasteiger partial charge in [-0.2, -0.15) is 5.10 Å². The number of hydrogen-bond donors (Lipinski definition) is 1. The summed E-state index contributed by atoms with van der Waals surface area (Å²) in [6, 6.07) is 8.56. The van der Waals surface area contributed by atoms with Crippen LogP contribution in [0.15, 0.2) is 30.5 Å². The standard InChI is InChI=1S/C17H23N3O/c1-3-18-16-6-4-5-7-17-15(16)12-19-20(17)13-8-10-14(21-2)11-9-13/h8-12,16,18H,3-7H2,1-2H3. The predicted molar refractivity (Wildman–Crippen MR) is 84.1 cm³/mol. The molecule has 1 aromatic carbocycles. The van der Waals surface area contributed by atoms with E-state index in [4.69, 9.17) is 4.74 Å². The van der Waals surface area contributed by atoms with Crippen molar-refractivity contribution in [1.82, 2.24) is 15.1 Å². The van der Waals surface area contributed by atoms with Crippen LogP contribution in [0, 0.1) is 0 Å². The van der Waals surface area contributed by atoms with Gasteiger partial charge in [-0.05, 0) is 50.1 Å². The van der Waals surface area contributed by atoms with Crippen LogP contribution in [0.1, 0.15) is 43.5 Å². The van der Waals surface area contributed by atoms with Gasteiger partial charge in [0, 0.05) is 17.3 Å². The van der Waals surface area contributed by atoms with Gasteiger partial charge in [-0.1, -0.05) is 13.3 Å². The molecule has 0 amide bonds. The first kappa shape index (κ1) is 14.1. The number of methoxy groups -OCH3 is 1. The van der Waals surface area contributed by atoms with E-state index >= 15 is 0 Å². The Bertz CT molecular complexity index is 589. The quantitative estimate of drug-likeness (QED) is 0.876. The van der Waals surface area contributed by atoms with E-state index in [2.05, 4.69) is 34.2 Å². The first-order chi connectivity index (χ1) is 10.3. The third-order valence-corrected chi connectivity index (χ3v) is 4.20. The van der Waals surface area contributed by atoms with E-state index in [1.165, 1.54) is 30.5 Å². The SMILES string of the molecule is CCNC1CCCCc2c1cnn2-c1ccc(OC)cc1. The molecule has 1 heterocycles. The van der Waals surface area contributed by atoms with Crippen molar-refractivity contribution < 1.29 is 4.74 Å². The normalized spacial score (nSPS) is 18.1. The van der Waals surface area contributed by atoms with Crippen LogP contribution >= 0.6 is 0 Å². The number of fused-ring (bicyclic) bond motifs is 1. The highest BCUT2D eigenvalue weighted by Gasteiger charge is 2.22. The Morgan fingerprint density at radius 2 is 2.10 bits per heavy atom. The maximum Gasteiger partial charge on any atom is 0.119 e. The van der Waals surface area contributed by atoms with E-state index in [0.717, 1.165) is 24.4 Å². The molecule has 4 heteroatoms. The molecular formula is C17H23N3O. The van der Waals surface area contributed by atoms with Gasteiger partial charge in [-0.15, -0.1) is 0 Å². The van der Waals surface area contributed by atoms with Crippen molar-refractivity contribution in [3.8, 4) is 11.4 Å². The summed E-state index contributed by atoms with van der Waals surface area (Å²) in [5.74, 6) is 0.877. The molecule has 0 saturated heterocycles. The molecule has 21 heavy (non-hydrogen) atoms. The van der Waals surface area contributed by atoms with Crippen molar-refractivity contribution in [1.29, 1.82) is 0 Å². The number of ether oxygens (including phenoxy) is 1. The van der Waals surface area contributed by atoms with Crippen molar-refractivity contribution in [3.63, 3.8) is 0 Å². The molecule has 1 N–H and O–H groups in total. The van der Waals surface area contributed by atoms with Crippen LogP contribution in [0.5, 0.6) is 5.75 Å². The minimum Gasteiger partial charge on any atom is -0.497 e. The Kier molecular flexibility index (Phi) is 4.25. The average Bonchev–Trinajstić information content (AvgIpc) is 2.84. The molecule has 0 radical (unpaired) electrons. The van der Waals surface area contributed by atoms with Crippen LogP contribution in [0.3, 0.4) is 0 Å². The van der Waals surface area contributed by atoms with Gasteiger partial charge >= 0.3 is 0 Å². The van der Waals surface area contributed by atoms with Gasteiger partial charge in [-0.3, -0.25) is 0 Å². The average molecular weight is 285 g/mol. The maximum absolute atomic E-state index is 5.23. The number of nitrogens with one attached hydrogen (secondary N) is 1. The molecule has 3 rings (SSSR count). The molecule has 0 aliphatic heterocycles. The van der Waals surface area contributed by atoms with E-state index in [1.807, 2.05) is 18.3 Å². The second kappa shape index (κ2) is 6.31. The monoisotopic (exact) mass is 285 g/mol. The molecule has 0 spiro atoms. The van der Waals surface area contributed by atoms with Gasteiger partial charge in [0.15, 0.2) is 0 Å². The molecular weight excluding hydrogens is 262 g/mol. The molecule has 112 valence electrons. The fourth-order valence-corrected chi connectivity index (χ4v) is 3.13. The van der Waals surface area contributed by atoms with E-state index < -0.39 is 0 Å². The van der Waals surface area contributed by atoms with Crippen molar-refractivity contribution >= 4 is 0 Å². The molecule has 1 unspecified atom stereocenters. The Balaban J connectivity index is 1.96. The van der Waals surface area contributed by atoms with Crippen LogP contribution in [0.2, 0.25) is 0 Å². The van der Waals surface area contributed by atoms with E-state index in [0.29, 0.717) is 6.04 Å². The van der Waals surface area contributed by atoms with E-state index in [1.54, 1.807) is 7.11 Å². The summed E-state index contributed by atoms with van der Waals surface area (Å²) < 4.78 is 7.32. The summed E-state index contributed by atoms with van der Waals surface area (Å²) in [5, 5.41) is 8.22. The van der Waals surface area contributed by atoms with Crippen LogP contribution in [0.25, 0.3) is 5.69 Å². The summed E-state index contributed by atoms with van der Waals surface area (Å²) in [6.07, 6.45) is 6.85. The molecule has 1 aromatic heterocycles. The second-order valence-corrected chi connectivity index (χ2v) is 5.51. The fraction of sp³-hybridized carbons (Fsp3) is 0.471. The van der Waals surface area contributed by atoms with Crippen molar-refractivity contribution in [2.75, 3.05) is 13.7 Å². The largest absolute Gasteiger partial charge is 0.497 e. The van der Waals surface area contributed by atoms with Gasteiger partial charge in [0.1, 0.15) is 5.75 Å². The van der Waals surface area contributed by atoms with Gasteiger partial charge in [0.05, 0.1) is 19.0 Å². The summed E-state index contributed by atoms with van der Waals surface area (Å²) in [5.41, 5.74) is 3.82. The summed E-state index contributed by atoms with van der Waals surface area (Å²) in [6.45, 7) is 3.16. The molecule has 2 aromatic rings. The number of hydrogen-bond acceptors (Lipinski definition) is 3. The predicted octanol–water partition coefficient (Wildman–Crippen LogP) is 3.26. The lowest BCUT2D eigenvalue weighted by Crippen LogP contribution is -2.20. The van der Waals surface area contributed by atoms with Gasteiger partial charge in [0.25, 0.3) is 0 Å². The van der Waals surface area contributed by atoms with E-state index in [9.17, 15) is 0 Å². The summed E-state index contributed by atoms with van der Waals surface area (Å²) >= 11 is 0. The molecule has 4 nitrogen and oxygen atoms in total. The van der Waals surface area contributed by atoms with Crippen molar-refractivity contribution in [2.45, 2.75) is 38.6 Å². The topological polar surface area (TPSA) is 39.1 Å². The Labute approximate surface area is 126 Å². The van der Waals surface area contributed by atoms with Crippen molar-refractivity contribution in [2.24, 2.45) is 0 Å². The molecule has 0 bridgehead atoms. The minimum atomic E-state index is 0.444. The highest BCUT2D eigenvalue weighted by atomic mass is 16.5. The molecule has 1 aliphatic rings. The maximum atomic E-state index is 5.23. The number of aromatic nitrogens is 2. The lowest BCUT2D eigenvalue weighted by atomic mass is 10.1. The molecule has 0 saturated carbocycles. The lowest BCUT2D eigenvalue weighted by molar-refractivity contribution is 0.414. The first-order valence-corrected chi connectivity index (χ1v) is 7.78. The van der Waals surface area contributed by atoms with Gasteiger partial charge in [-0.25, -0.2) is 4.68 Å². The molecule has 1 aliphatic carbocycles. The van der Waals surface area contributed by atoms with Crippen molar-refractivity contribution in [3.05, 3.63) is 41.7 Å². The van der Waals surface area contributed by atoms with Gasteiger partial charge < -0.3 is 10.1 Å². The third kappa shape index (κ3) is 2.81. The first-order valence-electron chi connectivity index (χ1n) is 7.78.